The number of anilines is 1. The van der Waals surface area contributed by atoms with Gasteiger partial charge in [0.25, 0.3) is 5.56 Å². The van der Waals surface area contributed by atoms with Crippen LogP contribution < -0.4 is 10.9 Å². The molecular weight excluding hydrogens is 402 g/mol. The fourth-order valence-corrected chi connectivity index (χ4v) is 5.19. The second-order valence-corrected chi connectivity index (χ2v) is 9.51. The Kier molecular flexibility index (Phi) is 5.19. The van der Waals surface area contributed by atoms with Crippen molar-refractivity contribution in [2.75, 3.05) is 5.32 Å². The Balaban J connectivity index is 1.60. The lowest BCUT2D eigenvalue weighted by Crippen LogP contribution is -2.25. The van der Waals surface area contributed by atoms with Gasteiger partial charge < -0.3 is 5.32 Å². The van der Waals surface area contributed by atoms with Crippen LogP contribution in [0.3, 0.4) is 0 Å². The van der Waals surface area contributed by atoms with Crippen molar-refractivity contribution < 1.29 is 4.79 Å². The largest absolute Gasteiger partial charge is 0.325 e. The molecule has 2 aromatic carbocycles. The van der Waals surface area contributed by atoms with Crippen molar-refractivity contribution in [3.8, 4) is 0 Å². The first-order valence-electron chi connectivity index (χ1n) is 9.29. The van der Waals surface area contributed by atoms with Gasteiger partial charge in [-0.1, -0.05) is 48.2 Å². The monoisotopic (exact) mass is 423 g/mol. The molecule has 2 heterocycles. The highest BCUT2D eigenvalue weighted by Gasteiger charge is 2.20. The minimum absolute atomic E-state index is 0.0685. The molecule has 1 amide bonds. The Hall–Kier alpha value is -2.64. The molecule has 1 N–H and O–H groups in total. The molecule has 2 aromatic heterocycles. The van der Waals surface area contributed by atoms with Crippen LogP contribution in [0.5, 0.6) is 0 Å². The predicted molar refractivity (Wildman–Crippen MR) is 122 cm³/mol. The van der Waals surface area contributed by atoms with Gasteiger partial charge >= 0.3 is 0 Å². The van der Waals surface area contributed by atoms with E-state index in [1.165, 1.54) is 27.7 Å². The Morgan fingerprint density at radius 2 is 1.90 bits per heavy atom. The van der Waals surface area contributed by atoms with E-state index >= 15 is 0 Å². The second-order valence-electron chi connectivity index (χ2n) is 7.00. The van der Waals surface area contributed by atoms with E-state index in [4.69, 9.17) is 0 Å². The molecule has 0 fully saturated rings. The van der Waals surface area contributed by atoms with E-state index in [-0.39, 0.29) is 11.5 Å². The zero-order valence-corrected chi connectivity index (χ0v) is 18.3. The van der Waals surface area contributed by atoms with Gasteiger partial charge in [0, 0.05) is 23.0 Å². The number of aryl methyl sites for hydroxylation is 2. The number of thiophene rings is 1. The molecule has 5 nitrogen and oxygen atoms in total. The fourth-order valence-electron chi connectivity index (χ4n) is 3.24. The van der Waals surface area contributed by atoms with Gasteiger partial charge in [-0.2, -0.15) is 0 Å². The number of amides is 1. The van der Waals surface area contributed by atoms with Gasteiger partial charge in [0.15, 0.2) is 5.16 Å². The van der Waals surface area contributed by atoms with Gasteiger partial charge in [-0.15, -0.1) is 11.3 Å². The SMILES string of the molecule is Cc1sc2nc(SC(C)C(=O)Nc3cccc4ccccc34)n(C)c(=O)c2c1C. The maximum absolute atomic E-state index is 12.8. The molecule has 7 heteroatoms. The van der Waals surface area contributed by atoms with E-state index in [1.54, 1.807) is 7.05 Å². The Morgan fingerprint density at radius 3 is 2.69 bits per heavy atom. The molecule has 1 unspecified atom stereocenters. The van der Waals surface area contributed by atoms with Crippen molar-refractivity contribution in [1.82, 2.24) is 9.55 Å². The normalized spacial score (nSPS) is 12.4. The zero-order chi connectivity index (χ0) is 20.7. The van der Waals surface area contributed by atoms with Gasteiger partial charge in [-0.05, 0) is 37.8 Å². The first kappa shape index (κ1) is 19.7. The summed E-state index contributed by atoms with van der Waals surface area (Å²) in [6.45, 7) is 5.77. The number of thioether (sulfide) groups is 1. The molecule has 4 aromatic rings. The van der Waals surface area contributed by atoms with Crippen LogP contribution in [0.4, 0.5) is 5.69 Å². The maximum atomic E-state index is 12.8. The first-order valence-corrected chi connectivity index (χ1v) is 11.0. The number of hydrogen-bond acceptors (Lipinski definition) is 5. The Bertz CT molecular complexity index is 1300. The number of hydrogen-bond donors (Lipinski definition) is 1. The summed E-state index contributed by atoms with van der Waals surface area (Å²) in [5.74, 6) is -0.126. The number of carbonyl (C=O) groups is 1. The van der Waals surface area contributed by atoms with Crippen molar-refractivity contribution in [1.29, 1.82) is 0 Å². The van der Waals surface area contributed by atoms with Gasteiger partial charge in [0.2, 0.25) is 5.91 Å². The fraction of sp³-hybridized carbons (Fsp3) is 0.227. The van der Waals surface area contributed by atoms with Gasteiger partial charge in [0.1, 0.15) is 4.83 Å². The van der Waals surface area contributed by atoms with Crippen LogP contribution in [0.25, 0.3) is 21.0 Å². The van der Waals surface area contributed by atoms with Crippen molar-refractivity contribution in [2.45, 2.75) is 31.2 Å². The van der Waals surface area contributed by atoms with Crippen molar-refractivity contribution in [3.63, 3.8) is 0 Å². The molecule has 0 spiro atoms. The predicted octanol–water partition coefficient (Wildman–Crippen LogP) is 4.88. The van der Waals surface area contributed by atoms with Crippen molar-refractivity contribution in [3.05, 3.63) is 63.3 Å². The number of nitrogens with one attached hydrogen (secondary N) is 1. The van der Waals surface area contributed by atoms with Crippen LogP contribution in [0.1, 0.15) is 17.4 Å². The molecule has 0 saturated carbocycles. The second kappa shape index (κ2) is 7.65. The van der Waals surface area contributed by atoms with Crippen LogP contribution in [0.2, 0.25) is 0 Å². The number of nitrogens with zero attached hydrogens (tertiary/aromatic N) is 2. The smallest absolute Gasteiger partial charge is 0.262 e. The van der Waals surface area contributed by atoms with E-state index in [9.17, 15) is 9.59 Å². The minimum Gasteiger partial charge on any atom is -0.325 e. The summed E-state index contributed by atoms with van der Waals surface area (Å²) in [5, 5.41) is 5.90. The number of fused-ring (bicyclic) bond motifs is 2. The highest BCUT2D eigenvalue weighted by Crippen LogP contribution is 2.30. The van der Waals surface area contributed by atoms with Gasteiger partial charge in [-0.3, -0.25) is 14.2 Å². The summed E-state index contributed by atoms with van der Waals surface area (Å²) in [7, 11) is 1.71. The Labute approximate surface area is 176 Å². The van der Waals surface area contributed by atoms with Crippen molar-refractivity contribution in [2.24, 2.45) is 7.05 Å². The highest BCUT2D eigenvalue weighted by molar-refractivity contribution is 8.00. The molecule has 0 bridgehead atoms. The quantitative estimate of drug-likeness (QED) is 0.375. The molecule has 0 radical (unpaired) electrons. The zero-order valence-electron chi connectivity index (χ0n) is 16.6. The summed E-state index contributed by atoms with van der Waals surface area (Å²) in [6, 6.07) is 13.8. The average molecular weight is 424 g/mol. The van der Waals surface area contributed by atoms with E-state index < -0.39 is 5.25 Å². The van der Waals surface area contributed by atoms with Crippen molar-refractivity contribution >= 4 is 55.7 Å². The number of aromatic nitrogens is 2. The number of carbonyl (C=O) groups excluding carboxylic acids is 1. The first-order chi connectivity index (χ1) is 13.9. The molecule has 148 valence electrons. The molecule has 1 atom stereocenters. The van der Waals surface area contributed by atoms with Gasteiger partial charge in [0.05, 0.1) is 10.6 Å². The summed E-state index contributed by atoms with van der Waals surface area (Å²) in [4.78, 5) is 32.1. The molecular formula is C22H21N3O2S2. The molecule has 4 rings (SSSR count). The van der Waals surface area contributed by atoms with E-state index in [2.05, 4.69) is 10.3 Å². The summed E-state index contributed by atoms with van der Waals surface area (Å²) in [6.07, 6.45) is 0. The third-order valence-electron chi connectivity index (χ3n) is 5.07. The van der Waals surface area contributed by atoms with Crippen LogP contribution in [0.15, 0.2) is 52.4 Å². The molecule has 0 aliphatic heterocycles. The summed E-state index contributed by atoms with van der Waals surface area (Å²) >= 11 is 2.81. The average Bonchev–Trinajstić information content (AvgIpc) is 2.99. The summed E-state index contributed by atoms with van der Waals surface area (Å²) in [5.41, 5.74) is 1.69. The summed E-state index contributed by atoms with van der Waals surface area (Å²) < 4.78 is 1.54. The van der Waals surface area contributed by atoms with E-state index in [0.29, 0.717) is 10.5 Å². The van der Waals surface area contributed by atoms with E-state index in [1.807, 2.05) is 63.2 Å². The lowest BCUT2D eigenvalue weighted by molar-refractivity contribution is -0.115. The Morgan fingerprint density at radius 1 is 1.17 bits per heavy atom. The highest BCUT2D eigenvalue weighted by atomic mass is 32.2. The minimum atomic E-state index is -0.410. The molecule has 29 heavy (non-hydrogen) atoms. The third-order valence-corrected chi connectivity index (χ3v) is 7.31. The topological polar surface area (TPSA) is 64.0 Å². The lowest BCUT2D eigenvalue weighted by Gasteiger charge is -2.14. The van der Waals surface area contributed by atoms with Crippen LogP contribution in [-0.4, -0.2) is 20.7 Å². The van der Waals surface area contributed by atoms with Crippen LogP contribution >= 0.6 is 23.1 Å². The number of rotatable bonds is 4. The van der Waals surface area contributed by atoms with Crippen LogP contribution in [-0.2, 0) is 11.8 Å². The molecule has 0 saturated heterocycles. The van der Waals surface area contributed by atoms with Crippen LogP contribution in [0, 0.1) is 13.8 Å². The molecule has 0 aliphatic carbocycles. The van der Waals surface area contributed by atoms with Gasteiger partial charge in [-0.25, -0.2) is 4.98 Å². The lowest BCUT2D eigenvalue weighted by atomic mass is 10.1. The van der Waals surface area contributed by atoms with E-state index in [0.717, 1.165) is 31.7 Å². The third kappa shape index (κ3) is 3.56. The standard InChI is InChI=1S/C22H21N3O2S2/c1-12-13(2)28-20-18(12)21(27)25(4)22(24-20)29-14(3)19(26)23-17-11-7-9-15-8-5-6-10-16(15)17/h5-11,14H,1-4H3,(H,23,26). The number of benzene rings is 2. The maximum Gasteiger partial charge on any atom is 0.262 e. The molecule has 0 aliphatic rings.